The first-order chi connectivity index (χ1) is 9.70. The van der Waals surface area contributed by atoms with E-state index in [0.29, 0.717) is 6.54 Å². The van der Waals surface area contributed by atoms with Crippen LogP contribution in [0.15, 0.2) is 46.4 Å². The zero-order valence-corrected chi connectivity index (χ0v) is 13.2. The quantitative estimate of drug-likeness (QED) is 0.655. The van der Waals surface area contributed by atoms with Gasteiger partial charge in [-0.15, -0.1) is 11.3 Å². The first-order valence-electron chi connectivity index (χ1n) is 6.08. The summed E-state index contributed by atoms with van der Waals surface area (Å²) in [5, 5.41) is 2.93. The van der Waals surface area contributed by atoms with Gasteiger partial charge in [0.15, 0.2) is 5.78 Å². The van der Waals surface area contributed by atoms with E-state index in [0.717, 1.165) is 26.0 Å². The molecule has 0 bridgehead atoms. The van der Waals surface area contributed by atoms with Gasteiger partial charge in [0.2, 0.25) is 0 Å². The van der Waals surface area contributed by atoms with Crippen molar-refractivity contribution in [1.82, 2.24) is 4.57 Å². The second-order valence-electron chi connectivity index (χ2n) is 4.36. The summed E-state index contributed by atoms with van der Waals surface area (Å²) < 4.78 is 8.15. The van der Waals surface area contributed by atoms with Gasteiger partial charge in [0.1, 0.15) is 5.75 Å². The van der Waals surface area contributed by atoms with Gasteiger partial charge < -0.3 is 9.30 Å². The number of Topliss-reactive ketones (excluding diaryl/α,β-unsaturated/α-hetero) is 1. The largest absolute Gasteiger partial charge is 0.496 e. The number of fused-ring (bicyclic) bond motifs is 1. The molecular formula is C15H12BrNO2S. The van der Waals surface area contributed by atoms with Crippen LogP contribution in [0.1, 0.15) is 9.67 Å². The van der Waals surface area contributed by atoms with E-state index in [1.807, 2.05) is 46.5 Å². The van der Waals surface area contributed by atoms with E-state index in [1.54, 1.807) is 7.11 Å². The van der Waals surface area contributed by atoms with Crippen molar-refractivity contribution in [2.45, 2.75) is 6.54 Å². The van der Waals surface area contributed by atoms with Gasteiger partial charge in [-0.25, -0.2) is 0 Å². The molecule has 0 aliphatic rings. The Kier molecular flexibility index (Phi) is 3.63. The van der Waals surface area contributed by atoms with Gasteiger partial charge in [-0.05, 0) is 45.6 Å². The van der Waals surface area contributed by atoms with Crippen molar-refractivity contribution in [3.05, 3.63) is 51.3 Å². The number of hydrogen-bond donors (Lipinski definition) is 0. The van der Waals surface area contributed by atoms with Crippen LogP contribution < -0.4 is 4.74 Å². The van der Waals surface area contributed by atoms with Crippen molar-refractivity contribution >= 4 is 44.0 Å². The number of aromatic nitrogens is 1. The molecule has 0 N–H and O–H groups in total. The second-order valence-corrected chi connectivity index (χ2v) is 6.13. The smallest absolute Gasteiger partial charge is 0.193 e. The van der Waals surface area contributed by atoms with Crippen LogP contribution in [-0.4, -0.2) is 17.5 Å². The molecule has 5 heteroatoms. The summed E-state index contributed by atoms with van der Waals surface area (Å²) in [6.07, 6.45) is 1.92. The maximum atomic E-state index is 12.3. The number of nitrogens with zero attached hydrogens (tertiary/aromatic N) is 1. The normalized spacial score (nSPS) is 10.9. The van der Waals surface area contributed by atoms with Crippen molar-refractivity contribution in [2.75, 3.05) is 7.11 Å². The molecule has 3 rings (SSSR count). The van der Waals surface area contributed by atoms with Gasteiger partial charge in [-0.2, -0.15) is 0 Å². The zero-order valence-electron chi connectivity index (χ0n) is 10.8. The van der Waals surface area contributed by atoms with E-state index in [1.165, 1.54) is 11.3 Å². The number of carbonyl (C=O) groups is 1. The molecule has 20 heavy (non-hydrogen) atoms. The third-order valence-corrected chi connectivity index (χ3v) is 5.06. The Hall–Kier alpha value is -1.59. The molecule has 0 unspecified atom stereocenters. The lowest BCUT2D eigenvalue weighted by atomic mass is 10.2. The molecule has 3 aromatic rings. The second kappa shape index (κ2) is 5.42. The fourth-order valence-corrected chi connectivity index (χ4v) is 3.76. The number of ketones is 1. The fraction of sp³-hybridized carbons (Fsp3) is 0.133. The third-order valence-electron chi connectivity index (χ3n) is 3.18. The lowest BCUT2D eigenvalue weighted by Gasteiger charge is -2.06. The summed E-state index contributed by atoms with van der Waals surface area (Å²) in [6, 6.07) is 9.72. The lowest BCUT2D eigenvalue weighted by molar-refractivity contribution is 0.0977. The van der Waals surface area contributed by atoms with E-state index >= 15 is 0 Å². The van der Waals surface area contributed by atoms with Crippen LogP contribution in [0.25, 0.3) is 10.9 Å². The molecule has 0 fully saturated rings. The average molecular weight is 350 g/mol. The van der Waals surface area contributed by atoms with Gasteiger partial charge in [-0.1, -0.05) is 6.07 Å². The van der Waals surface area contributed by atoms with E-state index in [2.05, 4.69) is 15.9 Å². The summed E-state index contributed by atoms with van der Waals surface area (Å²) in [4.78, 5) is 13.1. The zero-order chi connectivity index (χ0) is 14.1. The number of halogens is 1. The molecule has 0 saturated carbocycles. The molecule has 0 aliphatic carbocycles. The molecule has 0 saturated heterocycles. The Morgan fingerprint density at radius 1 is 1.35 bits per heavy atom. The summed E-state index contributed by atoms with van der Waals surface area (Å²) in [5.74, 6) is 0.929. The Balaban J connectivity index is 1.96. The minimum Gasteiger partial charge on any atom is -0.496 e. The molecule has 0 aliphatic heterocycles. The van der Waals surface area contributed by atoms with E-state index in [9.17, 15) is 4.79 Å². The highest BCUT2D eigenvalue weighted by Gasteiger charge is 2.14. The molecule has 1 aromatic carbocycles. The first-order valence-corrected chi connectivity index (χ1v) is 7.76. The number of ether oxygens (including phenoxy) is 1. The highest BCUT2D eigenvalue weighted by molar-refractivity contribution is 9.10. The topological polar surface area (TPSA) is 31.2 Å². The van der Waals surface area contributed by atoms with Crippen LogP contribution in [0.2, 0.25) is 0 Å². The molecule has 0 amide bonds. The molecule has 2 aromatic heterocycles. The van der Waals surface area contributed by atoms with Crippen LogP contribution in [0, 0.1) is 0 Å². The maximum absolute atomic E-state index is 12.3. The van der Waals surface area contributed by atoms with E-state index < -0.39 is 0 Å². The van der Waals surface area contributed by atoms with Crippen LogP contribution in [0.4, 0.5) is 0 Å². The van der Waals surface area contributed by atoms with Crippen molar-refractivity contribution in [3.63, 3.8) is 0 Å². The highest BCUT2D eigenvalue weighted by Crippen LogP contribution is 2.28. The number of benzene rings is 1. The Morgan fingerprint density at radius 3 is 2.90 bits per heavy atom. The molecule has 2 heterocycles. The number of methoxy groups -OCH3 is 1. The predicted octanol–water partition coefficient (Wildman–Crippen LogP) is 4.36. The third kappa shape index (κ3) is 2.27. The van der Waals surface area contributed by atoms with E-state index in [4.69, 9.17) is 4.74 Å². The lowest BCUT2D eigenvalue weighted by Crippen LogP contribution is -2.08. The maximum Gasteiger partial charge on any atom is 0.193 e. The van der Waals surface area contributed by atoms with Crippen LogP contribution in [0.5, 0.6) is 5.75 Å². The van der Waals surface area contributed by atoms with E-state index in [-0.39, 0.29) is 5.78 Å². The summed E-state index contributed by atoms with van der Waals surface area (Å²) >= 11 is 4.86. The van der Waals surface area contributed by atoms with Gasteiger partial charge in [0.05, 0.1) is 24.0 Å². The number of carbonyl (C=O) groups excluding carboxylic acids is 1. The van der Waals surface area contributed by atoms with Crippen molar-refractivity contribution in [1.29, 1.82) is 0 Å². The predicted molar refractivity (Wildman–Crippen MR) is 84.8 cm³/mol. The van der Waals surface area contributed by atoms with Crippen molar-refractivity contribution in [3.8, 4) is 5.75 Å². The van der Waals surface area contributed by atoms with Crippen molar-refractivity contribution < 1.29 is 9.53 Å². The summed E-state index contributed by atoms with van der Waals surface area (Å²) in [5.41, 5.74) is 1.00. The summed E-state index contributed by atoms with van der Waals surface area (Å²) in [7, 11) is 1.65. The molecule has 3 nitrogen and oxygen atoms in total. The standard InChI is InChI=1S/C15H12BrNO2S/c1-19-14-4-2-3-12-10(14)5-7-17(12)9-13(18)15-11(16)6-8-20-15/h2-8H,9H2,1H3. The highest BCUT2D eigenvalue weighted by atomic mass is 79.9. The Labute approximate surface area is 128 Å². The first kappa shape index (κ1) is 13.4. The number of thiophene rings is 1. The molecule has 0 spiro atoms. The minimum atomic E-state index is 0.104. The number of hydrogen-bond acceptors (Lipinski definition) is 3. The molecule has 0 radical (unpaired) electrons. The molecular weight excluding hydrogens is 338 g/mol. The summed E-state index contributed by atoms with van der Waals surface area (Å²) in [6.45, 7) is 0.329. The minimum absolute atomic E-state index is 0.104. The Bertz CT molecular complexity index is 775. The average Bonchev–Trinajstić information content (AvgIpc) is 3.05. The van der Waals surface area contributed by atoms with Gasteiger partial charge in [0.25, 0.3) is 0 Å². The fourth-order valence-electron chi connectivity index (χ4n) is 2.23. The van der Waals surface area contributed by atoms with Crippen LogP contribution in [0.3, 0.4) is 0 Å². The molecule has 102 valence electrons. The number of rotatable bonds is 4. The molecule has 0 atom stereocenters. The monoisotopic (exact) mass is 349 g/mol. The van der Waals surface area contributed by atoms with Gasteiger partial charge in [-0.3, -0.25) is 4.79 Å². The Morgan fingerprint density at radius 2 is 2.20 bits per heavy atom. The van der Waals surface area contributed by atoms with Crippen LogP contribution in [-0.2, 0) is 6.54 Å². The van der Waals surface area contributed by atoms with Crippen LogP contribution >= 0.6 is 27.3 Å². The SMILES string of the molecule is COc1cccc2c1ccn2CC(=O)c1sccc1Br. The van der Waals surface area contributed by atoms with Crippen molar-refractivity contribution in [2.24, 2.45) is 0 Å². The van der Waals surface area contributed by atoms with Gasteiger partial charge >= 0.3 is 0 Å². The van der Waals surface area contributed by atoms with Gasteiger partial charge in [0, 0.05) is 16.1 Å².